The van der Waals surface area contributed by atoms with Crippen LogP contribution >= 0.6 is 0 Å². The van der Waals surface area contributed by atoms with Crippen LogP contribution in [0.5, 0.6) is 0 Å². The Morgan fingerprint density at radius 2 is 1.18 bits per heavy atom. The van der Waals surface area contributed by atoms with Crippen molar-refractivity contribution in [2.24, 2.45) is 0 Å². The minimum atomic E-state index is -0.140. The summed E-state index contributed by atoms with van der Waals surface area (Å²) in [5, 5.41) is 14.5. The topological polar surface area (TPSA) is 65.2 Å². The van der Waals surface area contributed by atoms with Gasteiger partial charge in [0.1, 0.15) is 0 Å². The molecule has 144 valence electrons. The largest absolute Gasteiger partial charge is 0.381 e. The molecule has 4 heterocycles. The van der Waals surface area contributed by atoms with E-state index in [1.165, 1.54) is 22.5 Å². The third-order valence-electron chi connectivity index (χ3n) is 7.16. The number of hydrogen-bond acceptors (Lipinski definition) is 5. The Labute approximate surface area is 165 Å². The molecule has 4 aliphatic rings. The van der Waals surface area contributed by atoms with Gasteiger partial charge in [-0.1, -0.05) is 36.4 Å². The molecule has 6 unspecified atom stereocenters. The van der Waals surface area contributed by atoms with E-state index in [4.69, 9.17) is 0 Å². The van der Waals surface area contributed by atoms with E-state index < -0.39 is 0 Å². The lowest BCUT2D eigenvalue weighted by Crippen LogP contribution is -2.60. The normalized spacial score (nSPS) is 35.0. The van der Waals surface area contributed by atoms with E-state index in [-0.39, 0.29) is 23.9 Å². The van der Waals surface area contributed by atoms with Crippen LogP contribution in [0.3, 0.4) is 0 Å². The molecule has 5 nitrogen and oxygen atoms in total. The van der Waals surface area contributed by atoms with Crippen LogP contribution in [0.2, 0.25) is 0 Å². The van der Waals surface area contributed by atoms with Gasteiger partial charge in [0, 0.05) is 35.3 Å². The van der Waals surface area contributed by atoms with E-state index in [2.05, 4.69) is 69.8 Å². The molecule has 6 atom stereocenters. The van der Waals surface area contributed by atoms with Crippen molar-refractivity contribution in [1.29, 1.82) is 0 Å². The first-order chi connectivity index (χ1) is 13.8. The standard InChI is InChI=1S/C23H26N4O/c28-23(21-19-13-5-1-3-7-15(13)26-17(19)9-11-24-21)22-20-14-6-2-4-8-16(14)27-18(20)10-12-25-22/h1-8,17-22,24-27H,9-12H2. The summed E-state index contributed by atoms with van der Waals surface area (Å²) < 4.78 is 0. The average molecular weight is 374 g/mol. The molecule has 6 rings (SSSR count). The summed E-state index contributed by atoms with van der Waals surface area (Å²) in [5.41, 5.74) is 4.97. The predicted octanol–water partition coefficient (Wildman–Crippen LogP) is 2.44. The number of para-hydroxylation sites is 2. The number of fused-ring (bicyclic) bond motifs is 6. The Balaban J connectivity index is 1.35. The van der Waals surface area contributed by atoms with E-state index in [0.29, 0.717) is 17.9 Å². The monoisotopic (exact) mass is 374 g/mol. The van der Waals surface area contributed by atoms with Gasteiger partial charge in [0.05, 0.1) is 12.1 Å². The molecule has 0 saturated carbocycles. The van der Waals surface area contributed by atoms with Gasteiger partial charge in [0.15, 0.2) is 5.78 Å². The summed E-state index contributed by atoms with van der Waals surface area (Å²) >= 11 is 0. The third kappa shape index (κ3) is 2.36. The van der Waals surface area contributed by atoms with Gasteiger partial charge in [-0.15, -0.1) is 0 Å². The summed E-state index contributed by atoms with van der Waals surface area (Å²) in [6.45, 7) is 1.77. The maximum Gasteiger partial charge on any atom is 0.167 e. The van der Waals surface area contributed by atoms with Crippen molar-refractivity contribution in [3.05, 3.63) is 59.7 Å². The first-order valence-electron chi connectivity index (χ1n) is 10.5. The Kier molecular flexibility index (Phi) is 3.74. The van der Waals surface area contributed by atoms with Gasteiger partial charge in [0.25, 0.3) is 0 Å². The molecule has 2 aromatic rings. The van der Waals surface area contributed by atoms with Gasteiger partial charge in [0.2, 0.25) is 0 Å². The number of ketones is 1. The van der Waals surface area contributed by atoms with Crippen LogP contribution in [0.25, 0.3) is 0 Å². The maximum atomic E-state index is 13.9. The van der Waals surface area contributed by atoms with Crippen molar-refractivity contribution < 1.29 is 4.79 Å². The number of carbonyl (C=O) groups excluding carboxylic acids is 1. The lowest BCUT2D eigenvalue weighted by molar-refractivity contribution is -0.125. The molecule has 4 N–H and O–H groups in total. The minimum absolute atomic E-state index is 0.140. The molecule has 0 spiro atoms. The molecule has 0 aliphatic carbocycles. The molecule has 28 heavy (non-hydrogen) atoms. The Hall–Kier alpha value is -2.37. The van der Waals surface area contributed by atoms with Crippen molar-refractivity contribution in [2.75, 3.05) is 23.7 Å². The van der Waals surface area contributed by atoms with E-state index in [0.717, 1.165) is 25.9 Å². The molecular weight excluding hydrogens is 348 g/mol. The van der Waals surface area contributed by atoms with Gasteiger partial charge in [-0.05, 0) is 49.2 Å². The van der Waals surface area contributed by atoms with Crippen LogP contribution in [-0.4, -0.2) is 43.0 Å². The van der Waals surface area contributed by atoms with E-state index >= 15 is 0 Å². The van der Waals surface area contributed by atoms with Crippen LogP contribution in [-0.2, 0) is 4.79 Å². The maximum absolute atomic E-state index is 13.9. The third-order valence-corrected chi connectivity index (χ3v) is 7.16. The lowest BCUT2D eigenvalue weighted by atomic mass is 9.75. The molecule has 4 aliphatic heterocycles. The van der Waals surface area contributed by atoms with Crippen molar-refractivity contribution in [1.82, 2.24) is 10.6 Å². The Morgan fingerprint density at radius 3 is 1.68 bits per heavy atom. The number of nitrogens with one attached hydrogen (secondary N) is 4. The van der Waals surface area contributed by atoms with Crippen LogP contribution < -0.4 is 21.3 Å². The summed E-state index contributed by atoms with van der Waals surface area (Å²) in [4.78, 5) is 13.9. The molecule has 0 radical (unpaired) electrons. The molecular formula is C23H26N4O. The second-order valence-electron chi connectivity index (χ2n) is 8.57. The second kappa shape index (κ2) is 6.33. The molecule has 0 amide bonds. The fourth-order valence-electron chi connectivity index (χ4n) is 5.97. The highest BCUT2D eigenvalue weighted by atomic mass is 16.1. The number of benzene rings is 2. The van der Waals surface area contributed by atoms with Crippen molar-refractivity contribution in [3.8, 4) is 0 Å². The quantitative estimate of drug-likeness (QED) is 0.650. The second-order valence-corrected chi connectivity index (χ2v) is 8.57. The van der Waals surface area contributed by atoms with Gasteiger partial charge in [-0.3, -0.25) is 4.79 Å². The van der Waals surface area contributed by atoms with Gasteiger partial charge < -0.3 is 21.3 Å². The summed E-state index contributed by atoms with van der Waals surface area (Å²) in [7, 11) is 0. The average Bonchev–Trinajstić information content (AvgIpc) is 3.31. The highest BCUT2D eigenvalue weighted by molar-refractivity contribution is 5.93. The van der Waals surface area contributed by atoms with Crippen LogP contribution in [0.15, 0.2) is 48.5 Å². The zero-order chi connectivity index (χ0) is 18.7. The van der Waals surface area contributed by atoms with Crippen molar-refractivity contribution in [2.45, 2.75) is 48.8 Å². The summed E-state index contributed by atoms with van der Waals surface area (Å²) in [6, 6.07) is 17.4. The van der Waals surface area contributed by atoms with Crippen LogP contribution in [0, 0.1) is 0 Å². The van der Waals surface area contributed by atoms with Gasteiger partial charge in [-0.25, -0.2) is 0 Å². The summed E-state index contributed by atoms with van der Waals surface area (Å²) in [5.74, 6) is 0.745. The zero-order valence-electron chi connectivity index (χ0n) is 15.8. The first kappa shape index (κ1) is 16.6. The SMILES string of the molecule is O=C(C1NCCC2Nc3ccccc3C21)C1NCCC2Nc3ccccc3C21. The zero-order valence-corrected chi connectivity index (χ0v) is 15.8. The van der Waals surface area contributed by atoms with E-state index in [1.807, 2.05) is 0 Å². The number of rotatable bonds is 2. The first-order valence-corrected chi connectivity index (χ1v) is 10.5. The lowest BCUT2D eigenvalue weighted by Gasteiger charge is -2.40. The highest BCUT2D eigenvalue weighted by Gasteiger charge is 2.49. The predicted molar refractivity (Wildman–Crippen MR) is 111 cm³/mol. The minimum Gasteiger partial charge on any atom is -0.381 e. The number of hydrogen-bond donors (Lipinski definition) is 4. The molecule has 2 fully saturated rings. The molecule has 2 aromatic carbocycles. The molecule has 2 saturated heterocycles. The van der Waals surface area contributed by atoms with Crippen molar-refractivity contribution in [3.63, 3.8) is 0 Å². The smallest absolute Gasteiger partial charge is 0.167 e. The van der Waals surface area contributed by atoms with Crippen LogP contribution in [0.1, 0.15) is 35.8 Å². The highest BCUT2D eigenvalue weighted by Crippen LogP contribution is 2.45. The van der Waals surface area contributed by atoms with Crippen molar-refractivity contribution >= 4 is 17.2 Å². The molecule has 0 aromatic heterocycles. The molecule has 5 heteroatoms. The fraction of sp³-hybridized carbons (Fsp3) is 0.435. The number of piperidine rings is 2. The molecule has 0 bridgehead atoms. The number of Topliss-reactive ketones (excluding diaryl/α,β-unsaturated/α-hetero) is 1. The fourth-order valence-corrected chi connectivity index (χ4v) is 5.97. The van der Waals surface area contributed by atoms with E-state index in [9.17, 15) is 4.79 Å². The number of carbonyl (C=O) groups is 1. The Morgan fingerprint density at radius 1 is 0.714 bits per heavy atom. The number of anilines is 2. The Bertz CT molecular complexity index is 855. The van der Waals surface area contributed by atoms with Crippen LogP contribution in [0.4, 0.5) is 11.4 Å². The van der Waals surface area contributed by atoms with Gasteiger partial charge in [-0.2, -0.15) is 0 Å². The van der Waals surface area contributed by atoms with E-state index in [1.54, 1.807) is 0 Å². The summed E-state index contributed by atoms with van der Waals surface area (Å²) in [6.07, 6.45) is 2.11. The van der Waals surface area contributed by atoms with Gasteiger partial charge >= 0.3 is 0 Å².